The zero-order chi connectivity index (χ0) is 19.0. The first-order valence-corrected chi connectivity index (χ1v) is 8.49. The molecule has 3 heterocycles. The van der Waals surface area contributed by atoms with Crippen LogP contribution in [0.2, 0.25) is 0 Å². The van der Waals surface area contributed by atoms with Gasteiger partial charge in [-0.25, -0.2) is 4.98 Å². The Morgan fingerprint density at radius 3 is 2.67 bits per heavy atom. The summed E-state index contributed by atoms with van der Waals surface area (Å²) in [5.41, 5.74) is 1.37. The van der Waals surface area contributed by atoms with E-state index in [0.29, 0.717) is 11.1 Å². The van der Waals surface area contributed by atoms with Crippen molar-refractivity contribution in [3.8, 4) is 11.4 Å². The van der Waals surface area contributed by atoms with Crippen molar-refractivity contribution in [3.63, 3.8) is 0 Å². The van der Waals surface area contributed by atoms with Gasteiger partial charge in [0.15, 0.2) is 4.96 Å². The second-order valence-electron chi connectivity index (χ2n) is 5.51. The van der Waals surface area contributed by atoms with Crippen LogP contribution in [0, 0.1) is 0 Å². The van der Waals surface area contributed by atoms with Gasteiger partial charge in [-0.2, -0.15) is 18.2 Å². The number of alkyl halides is 3. The maximum absolute atomic E-state index is 12.5. The molecule has 0 aliphatic heterocycles. The van der Waals surface area contributed by atoms with Crippen LogP contribution >= 0.6 is 11.3 Å². The number of halogens is 3. The number of carbonyl (C=O) groups is 1. The van der Waals surface area contributed by atoms with E-state index in [9.17, 15) is 18.0 Å². The number of hydrogen-bond acceptors (Lipinski definition) is 6. The van der Waals surface area contributed by atoms with E-state index < -0.39 is 12.1 Å². The van der Waals surface area contributed by atoms with Crippen molar-refractivity contribution in [2.45, 2.75) is 12.7 Å². The van der Waals surface area contributed by atoms with Crippen LogP contribution in [0.5, 0.6) is 0 Å². The normalized spacial score (nSPS) is 11.8. The molecule has 0 saturated heterocycles. The van der Waals surface area contributed by atoms with Gasteiger partial charge in [-0.05, 0) is 12.1 Å². The van der Waals surface area contributed by atoms with Crippen LogP contribution in [0.3, 0.4) is 0 Å². The molecular weight excluding hydrogens is 383 g/mol. The minimum Gasteiger partial charge on any atom is -0.346 e. The number of amides is 1. The van der Waals surface area contributed by atoms with Gasteiger partial charge in [0.05, 0.1) is 12.2 Å². The summed E-state index contributed by atoms with van der Waals surface area (Å²) in [5.74, 6) is -1.95. The summed E-state index contributed by atoms with van der Waals surface area (Å²) in [5, 5.41) is 7.95. The van der Waals surface area contributed by atoms with Crippen LogP contribution in [-0.4, -0.2) is 25.4 Å². The largest absolute Gasteiger partial charge is 0.471 e. The molecule has 0 radical (unpaired) electrons. The summed E-state index contributed by atoms with van der Waals surface area (Å²) in [7, 11) is 0. The molecule has 4 aromatic rings. The number of thiazole rings is 1. The van der Waals surface area contributed by atoms with E-state index >= 15 is 0 Å². The smallest absolute Gasteiger partial charge is 0.346 e. The molecule has 11 heteroatoms. The van der Waals surface area contributed by atoms with E-state index in [4.69, 9.17) is 0 Å². The van der Waals surface area contributed by atoms with Crippen LogP contribution in [0.1, 0.15) is 21.9 Å². The molecule has 27 heavy (non-hydrogen) atoms. The Bertz CT molecular complexity index is 1070. The second-order valence-corrected chi connectivity index (χ2v) is 6.38. The molecule has 3 aromatic heterocycles. The van der Waals surface area contributed by atoms with Gasteiger partial charge in [0.2, 0.25) is 5.82 Å². The van der Waals surface area contributed by atoms with Gasteiger partial charge >= 0.3 is 12.1 Å². The predicted octanol–water partition coefficient (Wildman–Crippen LogP) is 3.39. The molecule has 0 aliphatic carbocycles. The highest BCUT2D eigenvalue weighted by molar-refractivity contribution is 7.15. The minimum atomic E-state index is -4.70. The van der Waals surface area contributed by atoms with Crippen molar-refractivity contribution in [1.82, 2.24) is 24.8 Å². The van der Waals surface area contributed by atoms with E-state index in [-0.39, 0.29) is 18.3 Å². The molecule has 1 N–H and O–H groups in total. The standard InChI is InChI=1S/C16H10F3N5O2S/c17-16(18,19)14-22-12(23-26-14)9-1-3-10(4-2-9)13(25)20-7-11-8-24-5-6-27-15(24)21-11/h1-6,8H,7H2,(H,20,25). The first kappa shape index (κ1) is 17.2. The summed E-state index contributed by atoms with van der Waals surface area (Å²) >= 11 is 1.49. The Morgan fingerprint density at radius 2 is 2.00 bits per heavy atom. The van der Waals surface area contributed by atoms with Gasteiger partial charge in [0, 0.05) is 28.9 Å². The summed E-state index contributed by atoms with van der Waals surface area (Å²) in [6, 6.07) is 5.85. The van der Waals surface area contributed by atoms with Crippen LogP contribution in [0.15, 0.2) is 46.6 Å². The maximum Gasteiger partial charge on any atom is 0.471 e. The van der Waals surface area contributed by atoms with Gasteiger partial charge in [-0.1, -0.05) is 17.3 Å². The molecule has 4 rings (SSSR count). The third-order valence-electron chi connectivity index (χ3n) is 3.65. The predicted molar refractivity (Wildman–Crippen MR) is 89.0 cm³/mol. The first-order valence-electron chi connectivity index (χ1n) is 7.61. The van der Waals surface area contributed by atoms with Crippen molar-refractivity contribution in [2.75, 3.05) is 0 Å². The molecule has 138 valence electrons. The third kappa shape index (κ3) is 3.53. The summed E-state index contributed by atoms with van der Waals surface area (Å²) < 4.78 is 43.6. The van der Waals surface area contributed by atoms with Crippen LogP contribution in [0.25, 0.3) is 16.3 Å². The molecule has 0 spiro atoms. The van der Waals surface area contributed by atoms with Crippen molar-refractivity contribution in [2.24, 2.45) is 0 Å². The van der Waals surface area contributed by atoms with E-state index in [1.165, 1.54) is 35.6 Å². The number of nitrogens with one attached hydrogen (secondary N) is 1. The lowest BCUT2D eigenvalue weighted by Crippen LogP contribution is -2.22. The first-order chi connectivity index (χ1) is 12.9. The number of benzene rings is 1. The lowest BCUT2D eigenvalue weighted by molar-refractivity contribution is -0.159. The Kier molecular flexibility index (Phi) is 4.15. The fourth-order valence-electron chi connectivity index (χ4n) is 2.36. The number of rotatable bonds is 4. The second kappa shape index (κ2) is 6.50. The fraction of sp³-hybridized carbons (Fsp3) is 0.125. The zero-order valence-corrected chi connectivity index (χ0v) is 14.2. The van der Waals surface area contributed by atoms with Crippen LogP contribution < -0.4 is 5.32 Å². The minimum absolute atomic E-state index is 0.202. The average Bonchev–Trinajstić information content (AvgIpc) is 3.34. The topological polar surface area (TPSA) is 85.3 Å². The van der Waals surface area contributed by atoms with Gasteiger partial charge < -0.3 is 9.84 Å². The summed E-state index contributed by atoms with van der Waals surface area (Å²) in [4.78, 5) is 20.7. The number of nitrogens with zero attached hydrogens (tertiary/aromatic N) is 4. The number of carbonyl (C=O) groups excluding carboxylic acids is 1. The molecule has 1 aromatic carbocycles. The Morgan fingerprint density at radius 1 is 1.22 bits per heavy atom. The number of aromatic nitrogens is 4. The zero-order valence-electron chi connectivity index (χ0n) is 13.4. The molecule has 0 bridgehead atoms. The highest BCUT2D eigenvalue weighted by Gasteiger charge is 2.38. The Balaban J connectivity index is 1.42. The third-order valence-corrected chi connectivity index (χ3v) is 4.42. The molecule has 0 aliphatic rings. The fourth-order valence-corrected chi connectivity index (χ4v) is 3.08. The monoisotopic (exact) mass is 393 g/mol. The summed E-state index contributed by atoms with van der Waals surface area (Å²) in [6.07, 6.45) is -1.00. The quantitative estimate of drug-likeness (QED) is 0.574. The molecule has 0 fully saturated rings. The van der Waals surface area contributed by atoms with E-state index in [2.05, 4.69) is 25.0 Å². The van der Waals surface area contributed by atoms with Gasteiger partial charge in [-0.3, -0.25) is 9.20 Å². The molecule has 0 atom stereocenters. The van der Waals surface area contributed by atoms with Crippen molar-refractivity contribution in [1.29, 1.82) is 0 Å². The van der Waals surface area contributed by atoms with Gasteiger partial charge in [0.1, 0.15) is 0 Å². The van der Waals surface area contributed by atoms with Crippen molar-refractivity contribution >= 4 is 22.2 Å². The molecule has 0 unspecified atom stereocenters. The SMILES string of the molecule is O=C(NCc1cn2ccsc2n1)c1ccc(-c2noc(C(F)(F)F)n2)cc1. The Hall–Kier alpha value is -3.21. The van der Waals surface area contributed by atoms with Gasteiger partial charge in [0.25, 0.3) is 5.91 Å². The highest BCUT2D eigenvalue weighted by Crippen LogP contribution is 2.29. The van der Waals surface area contributed by atoms with E-state index in [0.717, 1.165) is 10.7 Å². The number of fused-ring (bicyclic) bond motifs is 1. The molecular formula is C16H10F3N5O2S. The lowest BCUT2D eigenvalue weighted by Gasteiger charge is -2.04. The maximum atomic E-state index is 12.5. The van der Waals surface area contributed by atoms with Crippen LogP contribution in [0.4, 0.5) is 13.2 Å². The number of imidazole rings is 1. The molecule has 7 nitrogen and oxygen atoms in total. The van der Waals surface area contributed by atoms with Crippen molar-refractivity contribution < 1.29 is 22.5 Å². The number of hydrogen-bond donors (Lipinski definition) is 1. The molecule has 0 saturated carbocycles. The van der Waals surface area contributed by atoms with Crippen LogP contribution in [-0.2, 0) is 12.7 Å². The molecule has 1 amide bonds. The Labute approximate surface area is 153 Å². The summed E-state index contributed by atoms with van der Waals surface area (Å²) in [6.45, 7) is 0.259. The van der Waals surface area contributed by atoms with Gasteiger partial charge in [-0.15, -0.1) is 11.3 Å². The average molecular weight is 393 g/mol. The lowest BCUT2D eigenvalue weighted by atomic mass is 10.1. The van der Waals surface area contributed by atoms with E-state index in [1.54, 1.807) is 0 Å². The van der Waals surface area contributed by atoms with E-state index in [1.807, 2.05) is 22.2 Å². The van der Waals surface area contributed by atoms with Crippen molar-refractivity contribution in [3.05, 3.63) is 59.2 Å². The highest BCUT2D eigenvalue weighted by atomic mass is 32.1.